The highest BCUT2D eigenvalue weighted by molar-refractivity contribution is 7.19. The number of benzene rings is 1. The molecule has 0 aliphatic carbocycles. The van der Waals surface area contributed by atoms with E-state index < -0.39 is 5.41 Å². The predicted octanol–water partition coefficient (Wildman–Crippen LogP) is 8.14. The van der Waals surface area contributed by atoms with Crippen LogP contribution < -0.4 is 4.90 Å². The summed E-state index contributed by atoms with van der Waals surface area (Å²) in [5.74, 6) is -0.140. The average molecular weight is 543 g/mol. The van der Waals surface area contributed by atoms with Crippen LogP contribution in [0.1, 0.15) is 45.7 Å². The Morgan fingerprint density at radius 3 is 2.64 bits per heavy atom. The molecule has 3 aromatic rings. The van der Waals surface area contributed by atoms with E-state index in [0.29, 0.717) is 45.2 Å². The maximum Gasteiger partial charge on any atom is 0.311 e. The lowest BCUT2D eigenvalue weighted by Crippen LogP contribution is -2.39. The number of nitrogens with zero attached hydrogens (tertiary/aromatic N) is 6. The van der Waals surface area contributed by atoms with Crippen molar-refractivity contribution >= 4 is 61.3 Å². The molecule has 1 aliphatic rings. The van der Waals surface area contributed by atoms with Gasteiger partial charge in [0.1, 0.15) is 11.8 Å². The number of anilines is 1. The summed E-state index contributed by atoms with van der Waals surface area (Å²) in [4.78, 5) is 23.1. The molecule has 1 aliphatic heterocycles. The Morgan fingerprint density at radius 2 is 1.97 bits per heavy atom. The minimum atomic E-state index is -0.472. The van der Waals surface area contributed by atoms with E-state index in [1.54, 1.807) is 6.92 Å². The fourth-order valence-electron chi connectivity index (χ4n) is 3.59. The Kier molecular flexibility index (Phi) is 8.03. The number of rotatable bonds is 7. The van der Waals surface area contributed by atoms with Gasteiger partial charge in [-0.3, -0.25) is 4.79 Å². The Labute approximate surface area is 224 Å². The smallest absolute Gasteiger partial charge is 0.311 e. The normalized spacial score (nSPS) is 14.8. The second-order valence-electron chi connectivity index (χ2n) is 9.19. The van der Waals surface area contributed by atoms with Gasteiger partial charge in [0, 0.05) is 31.5 Å². The Morgan fingerprint density at radius 1 is 1.28 bits per heavy atom. The zero-order valence-electron chi connectivity index (χ0n) is 20.6. The van der Waals surface area contributed by atoms with Gasteiger partial charge in [0.05, 0.1) is 22.7 Å². The molecule has 0 bridgehead atoms. The van der Waals surface area contributed by atoms with Crippen LogP contribution in [0.3, 0.4) is 0 Å². The maximum absolute atomic E-state index is 12.5. The summed E-state index contributed by atoms with van der Waals surface area (Å²) in [6.07, 6.45) is 2.11. The molecule has 0 atom stereocenters. The third kappa shape index (κ3) is 5.59. The molecule has 0 spiro atoms. The molecule has 4 rings (SSSR count). The van der Waals surface area contributed by atoms with Crippen LogP contribution in [0, 0.1) is 18.9 Å². The minimum Gasteiger partial charge on any atom is -0.462 e. The molecule has 2 aromatic heterocycles. The van der Waals surface area contributed by atoms with Crippen molar-refractivity contribution in [2.45, 2.75) is 53.1 Å². The second-order valence-corrected chi connectivity index (χ2v) is 11.3. The number of halogens is 1. The molecule has 0 radical (unpaired) electrons. The number of aryl methyl sites for hydroxylation is 1. The van der Waals surface area contributed by atoms with Gasteiger partial charge in [0.25, 0.3) is 0 Å². The lowest BCUT2D eigenvalue weighted by Gasteiger charge is -2.33. The molecule has 0 unspecified atom stereocenters. The van der Waals surface area contributed by atoms with Gasteiger partial charge in [-0.15, -0.1) is 10.2 Å². The van der Waals surface area contributed by atoms with Crippen LogP contribution in [0.4, 0.5) is 20.8 Å². The topological polar surface area (TPSA) is 84.4 Å². The van der Waals surface area contributed by atoms with Gasteiger partial charge < -0.3 is 9.64 Å². The maximum atomic E-state index is 12.5. The van der Waals surface area contributed by atoms with E-state index in [0.717, 1.165) is 41.5 Å². The van der Waals surface area contributed by atoms with E-state index in [2.05, 4.69) is 24.3 Å². The first-order valence-corrected chi connectivity index (χ1v) is 13.7. The SMILES string of the molecule is [C-]#[N+]c1c(C)nsc1N=Nc1sc(N2CCC(OC(=O)C(C)(C)CC)CC2)nc1-c1ccccc1Cl. The van der Waals surface area contributed by atoms with Crippen LogP contribution in [0.5, 0.6) is 0 Å². The summed E-state index contributed by atoms with van der Waals surface area (Å²) in [5, 5.41) is 11.3. The van der Waals surface area contributed by atoms with Crippen LogP contribution in [0.2, 0.25) is 5.02 Å². The van der Waals surface area contributed by atoms with E-state index in [1.807, 2.05) is 45.0 Å². The third-order valence-corrected chi connectivity index (χ3v) is 8.45. The molecule has 0 N–H and O–H groups in total. The van der Waals surface area contributed by atoms with Crippen molar-refractivity contribution in [3.8, 4) is 11.3 Å². The number of hydrogen-bond donors (Lipinski definition) is 0. The standard InChI is InChI=1S/C25H27ClN6O2S2/c1-6-25(3,4)23(33)34-16-11-13-32(14-12-16)24-28-20(17-9-7-8-10-18(17)26)21(35-24)29-30-22-19(27-5)15(2)31-36-22/h7-10,16H,6,11-14H2,1-4H3. The van der Waals surface area contributed by atoms with Gasteiger partial charge in [0.15, 0.2) is 15.1 Å². The Balaban J connectivity index is 1.57. The van der Waals surface area contributed by atoms with E-state index in [1.165, 1.54) is 11.3 Å². The molecule has 8 nitrogen and oxygen atoms in total. The number of carbonyl (C=O) groups is 1. The molecule has 188 valence electrons. The van der Waals surface area contributed by atoms with Gasteiger partial charge in [-0.25, -0.2) is 14.2 Å². The fourth-order valence-corrected chi connectivity index (χ4v) is 5.44. The van der Waals surface area contributed by atoms with Crippen molar-refractivity contribution in [3.63, 3.8) is 0 Å². The van der Waals surface area contributed by atoms with Crippen molar-refractivity contribution in [2.24, 2.45) is 15.6 Å². The van der Waals surface area contributed by atoms with E-state index in [-0.39, 0.29) is 12.1 Å². The summed E-state index contributed by atoms with van der Waals surface area (Å²) in [6, 6.07) is 7.50. The molecular formula is C25H27ClN6O2S2. The summed E-state index contributed by atoms with van der Waals surface area (Å²) < 4.78 is 10.0. The first-order valence-electron chi connectivity index (χ1n) is 11.7. The molecule has 0 saturated carbocycles. The Hall–Kier alpha value is -2.87. The zero-order valence-corrected chi connectivity index (χ0v) is 23.0. The molecule has 3 heterocycles. The molecular weight excluding hydrogens is 516 g/mol. The molecule has 1 saturated heterocycles. The first kappa shape index (κ1) is 26.2. The molecule has 1 aromatic carbocycles. The number of carbonyl (C=O) groups excluding carboxylic acids is 1. The van der Waals surface area contributed by atoms with Gasteiger partial charge in [-0.2, -0.15) is 0 Å². The van der Waals surface area contributed by atoms with Crippen molar-refractivity contribution in [1.82, 2.24) is 9.36 Å². The van der Waals surface area contributed by atoms with E-state index >= 15 is 0 Å². The highest BCUT2D eigenvalue weighted by Crippen LogP contribution is 2.44. The van der Waals surface area contributed by atoms with Gasteiger partial charge in [-0.1, -0.05) is 48.1 Å². The van der Waals surface area contributed by atoms with Crippen LogP contribution >= 0.6 is 34.5 Å². The Bertz CT molecular complexity index is 1320. The van der Waals surface area contributed by atoms with Crippen LogP contribution in [-0.4, -0.2) is 34.5 Å². The summed E-state index contributed by atoms with van der Waals surface area (Å²) in [7, 11) is 0. The number of esters is 1. The van der Waals surface area contributed by atoms with E-state index in [9.17, 15) is 4.79 Å². The summed E-state index contributed by atoms with van der Waals surface area (Å²) >= 11 is 9.07. The highest BCUT2D eigenvalue weighted by Gasteiger charge is 2.32. The average Bonchev–Trinajstić information content (AvgIpc) is 3.46. The van der Waals surface area contributed by atoms with Crippen molar-refractivity contribution < 1.29 is 9.53 Å². The monoisotopic (exact) mass is 542 g/mol. The number of thiazole rings is 1. The van der Waals surface area contributed by atoms with Crippen LogP contribution in [-0.2, 0) is 9.53 Å². The number of piperidine rings is 1. The van der Waals surface area contributed by atoms with Gasteiger partial charge in [-0.05, 0) is 44.8 Å². The van der Waals surface area contributed by atoms with E-state index in [4.69, 9.17) is 27.9 Å². The van der Waals surface area contributed by atoms with Crippen LogP contribution in [0.25, 0.3) is 16.1 Å². The lowest BCUT2D eigenvalue weighted by atomic mass is 9.90. The minimum absolute atomic E-state index is 0.0941. The quantitative estimate of drug-likeness (QED) is 0.171. The predicted molar refractivity (Wildman–Crippen MR) is 145 cm³/mol. The number of aromatic nitrogens is 2. The first-order chi connectivity index (χ1) is 17.2. The van der Waals surface area contributed by atoms with Gasteiger partial charge >= 0.3 is 5.97 Å². The van der Waals surface area contributed by atoms with Crippen molar-refractivity contribution in [3.05, 3.63) is 46.4 Å². The van der Waals surface area contributed by atoms with Crippen molar-refractivity contribution in [1.29, 1.82) is 0 Å². The van der Waals surface area contributed by atoms with Gasteiger partial charge in [0.2, 0.25) is 5.69 Å². The highest BCUT2D eigenvalue weighted by atomic mass is 35.5. The number of hydrogen-bond acceptors (Lipinski definition) is 9. The fraction of sp³-hybridized carbons (Fsp3) is 0.440. The molecule has 36 heavy (non-hydrogen) atoms. The molecule has 11 heteroatoms. The lowest BCUT2D eigenvalue weighted by molar-refractivity contribution is -0.160. The van der Waals surface area contributed by atoms with Crippen molar-refractivity contribution in [2.75, 3.05) is 18.0 Å². The largest absolute Gasteiger partial charge is 0.462 e. The molecule has 1 fully saturated rings. The molecule has 0 amide bonds. The zero-order chi connectivity index (χ0) is 25.9. The third-order valence-electron chi connectivity index (χ3n) is 6.31. The second kappa shape index (κ2) is 11.0. The number of ether oxygens (including phenoxy) is 1. The van der Waals surface area contributed by atoms with Crippen LogP contribution in [0.15, 0.2) is 34.5 Å². The summed E-state index contributed by atoms with van der Waals surface area (Å²) in [6.45, 7) is 16.4. The number of azo groups is 1. The summed E-state index contributed by atoms with van der Waals surface area (Å²) in [5.41, 5.74) is 2.00.